The molecule has 0 fully saturated rings. The lowest BCUT2D eigenvalue weighted by molar-refractivity contribution is 0.441. The first-order chi connectivity index (χ1) is 9.19. The first-order valence-corrected chi connectivity index (χ1v) is 6.19. The summed E-state index contributed by atoms with van der Waals surface area (Å²) in [6, 6.07) is 12.5. The van der Waals surface area contributed by atoms with Crippen LogP contribution in [0, 0.1) is 11.3 Å². The standard InChI is InChI=1S/C14H6Cl2N2O/c15-10-5-11-13(12(16)6-10)18-19-14(11)9-3-1-8(7-17)2-4-9/h1-6H. The van der Waals surface area contributed by atoms with Crippen molar-refractivity contribution in [2.45, 2.75) is 0 Å². The van der Waals surface area contributed by atoms with Gasteiger partial charge in [0.15, 0.2) is 5.76 Å². The highest BCUT2D eigenvalue weighted by Gasteiger charge is 2.14. The molecule has 0 spiro atoms. The number of rotatable bonds is 1. The van der Waals surface area contributed by atoms with Crippen LogP contribution in [0.3, 0.4) is 0 Å². The Morgan fingerprint density at radius 1 is 1.11 bits per heavy atom. The largest absolute Gasteiger partial charge is 0.355 e. The van der Waals surface area contributed by atoms with Gasteiger partial charge in [0.1, 0.15) is 5.52 Å². The van der Waals surface area contributed by atoms with Gasteiger partial charge in [0.25, 0.3) is 0 Å². The minimum absolute atomic E-state index is 0.450. The van der Waals surface area contributed by atoms with Crippen LogP contribution in [0.4, 0.5) is 0 Å². The van der Waals surface area contributed by atoms with Gasteiger partial charge in [-0.1, -0.05) is 28.4 Å². The molecule has 1 aromatic heterocycles. The van der Waals surface area contributed by atoms with Gasteiger partial charge in [-0.2, -0.15) is 5.26 Å². The van der Waals surface area contributed by atoms with E-state index in [1.807, 2.05) is 0 Å². The second kappa shape index (κ2) is 4.58. The van der Waals surface area contributed by atoms with E-state index in [9.17, 15) is 0 Å². The highest BCUT2D eigenvalue weighted by Crippen LogP contribution is 2.34. The van der Waals surface area contributed by atoms with Gasteiger partial charge in [-0.3, -0.25) is 0 Å². The van der Waals surface area contributed by atoms with Gasteiger partial charge in [0.05, 0.1) is 22.0 Å². The summed E-state index contributed by atoms with van der Waals surface area (Å²) in [5.74, 6) is 0.587. The second-order valence-corrected chi connectivity index (χ2v) is 4.83. The quantitative estimate of drug-likeness (QED) is 0.654. The summed E-state index contributed by atoms with van der Waals surface area (Å²) in [4.78, 5) is 0. The highest BCUT2D eigenvalue weighted by molar-refractivity contribution is 6.38. The monoisotopic (exact) mass is 288 g/mol. The lowest BCUT2D eigenvalue weighted by atomic mass is 10.1. The van der Waals surface area contributed by atoms with Gasteiger partial charge in [-0.25, -0.2) is 0 Å². The molecule has 0 aliphatic rings. The summed E-state index contributed by atoms with van der Waals surface area (Å²) in [6.45, 7) is 0. The molecule has 3 nitrogen and oxygen atoms in total. The van der Waals surface area contributed by atoms with E-state index in [0.29, 0.717) is 26.9 Å². The maximum atomic E-state index is 8.78. The minimum atomic E-state index is 0.450. The fraction of sp³-hybridized carbons (Fsp3) is 0. The zero-order chi connectivity index (χ0) is 13.4. The summed E-state index contributed by atoms with van der Waals surface area (Å²) >= 11 is 12.1. The van der Waals surface area contributed by atoms with Crippen molar-refractivity contribution >= 4 is 34.1 Å². The molecular formula is C14H6Cl2N2O. The molecule has 0 unspecified atom stereocenters. The van der Waals surface area contributed by atoms with Crippen LogP contribution >= 0.6 is 23.2 Å². The van der Waals surface area contributed by atoms with Gasteiger partial charge >= 0.3 is 0 Å². The molecule has 2 aromatic carbocycles. The van der Waals surface area contributed by atoms with Crippen LogP contribution in [0.15, 0.2) is 40.9 Å². The molecule has 3 rings (SSSR count). The van der Waals surface area contributed by atoms with E-state index >= 15 is 0 Å². The summed E-state index contributed by atoms with van der Waals surface area (Å²) in [7, 11) is 0. The fourth-order valence-corrected chi connectivity index (χ4v) is 2.40. The Kier molecular flexibility index (Phi) is 2.90. The maximum absolute atomic E-state index is 8.78. The van der Waals surface area contributed by atoms with E-state index in [2.05, 4.69) is 11.2 Å². The van der Waals surface area contributed by atoms with Crippen molar-refractivity contribution in [3.05, 3.63) is 52.0 Å². The Balaban J connectivity index is 2.22. The number of nitriles is 1. The molecule has 0 atom stereocenters. The van der Waals surface area contributed by atoms with Crippen LogP contribution in [0.25, 0.3) is 22.2 Å². The first-order valence-electron chi connectivity index (χ1n) is 5.44. The summed E-state index contributed by atoms with van der Waals surface area (Å²) in [5, 5.41) is 14.5. The summed E-state index contributed by atoms with van der Waals surface area (Å²) in [5.41, 5.74) is 1.98. The highest BCUT2D eigenvalue weighted by atomic mass is 35.5. The molecule has 0 aliphatic carbocycles. The van der Waals surface area contributed by atoms with Crippen molar-refractivity contribution in [2.75, 3.05) is 0 Å². The van der Waals surface area contributed by atoms with E-state index in [1.165, 1.54) is 0 Å². The Labute approximate surface area is 118 Å². The molecule has 0 radical (unpaired) electrons. The molecular weight excluding hydrogens is 283 g/mol. The number of benzene rings is 2. The third-order valence-corrected chi connectivity index (χ3v) is 3.28. The Morgan fingerprint density at radius 3 is 2.53 bits per heavy atom. The number of hydrogen-bond acceptors (Lipinski definition) is 3. The molecule has 0 saturated carbocycles. The minimum Gasteiger partial charge on any atom is -0.355 e. The van der Waals surface area contributed by atoms with Crippen LogP contribution in [-0.4, -0.2) is 5.16 Å². The Hall–Kier alpha value is -2.02. The molecule has 3 aromatic rings. The van der Waals surface area contributed by atoms with Crippen molar-refractivity contribution in [3.63, 3.8) is 0 Å². The van der Waals surface area contributed by atoms with Crippen LogP contribution in [0.1, 0.15) is 5.56 Å². The third kappa shape index (κ3) is 2.06. The van der Waals surface area contributed by atoms with Crippen molar-refractivity contribution < 1.29 is 4.52 Å². The van der Waals surface area contributed by atoms with E-state index in [-0.39, 0.29) is 0 Å². The van der Waals surface area contributed by atoms with Gasteiger partial charge in [-0.15, -0.1) is 0 Å². The van der Waals surface area contributed by atoms with Crippen LogP contribution < -0.4 is 0 Å². The van der Waals surface area contributed by atoms with E-state index in [0.717, 1.165) is 10.9 Å². The van der Waals surface area contributed by atoms with E-state index in [4.69, 9.17) is 33.0 Å². The fourth-order valence-electron chi connectivity index (χ4n) is 1.88. The summed E-state index contributed by atoms with van der Waals surface area (Å²) < 4.78 is 5.33. The molecule has 5 heteroatoms. The SMILES string of the molecule is N#Cc1ccc(-c2onc3c(Cl)cc(Cl)cc23)cc1. The molecule has 92 valence electrons. The smallest absolute Gasteiger partial charge is 0.174 e. The Morgan fingerprint density at radius 2 is 1.84 bits per heavy atom. The van der Waals surface area contributed by atoms with E-state index in [1.54, 1.807) is 36.4 Å². The van der Waals surface area contributed by atoms with Gasteiger partial charge in [-0.05, 0) is 36.4 Å². The second-order valence-electron chi connectivity index (χ2n) is 3.98. The molecule has 1 heterocycles. The van der Waals surface area contributed by atoms with E-state index < -0.39 is 0 Å². The number of nitrogens with zero attached hydrogens (tertiary/aromatic N) is 2. The number of aromatic nitrogens is 1. The zero-order valence-electron chi connectivity index (χ0n) is 9.52. The number of halogens is 2. The van der Waals surface area contributed by atoms with Gasteiger partial charge in [0.2, 0.25) is 0 Å². The molecule has 19 heavy (non-hydrogen) atoms. The van der Waals surface area contributed by atoms with Crippen LogP contribution in [0.2, 0.25) is 10.0 Å². The van der Waals surface area contributed by atoms with Crippen molar-refractivity contribution in [1.82, 2.24) is 5.16 Å². The molecule has 0 aliphatic heterocycles. The lowest BCUT2D eigenvalue weighted by Crippen LogP contribution is -1.78. The van der Waals surface area contributed by atoms with Crippen LogP contribution in [-0.2, 0) is 0 Å². The predicted molar refractivity (Wildman–Crippen MR) is 74.2 cm³/mol. The van der Waals surface area contributed by atoms with Gasteiger partial charge in [0, 0.05) is 10.6 Å². The first kappa shape index (κ1) is 12.0. The molecule has 0 N–H and O–H groups in total. The van der Waals surface area contributed by atoms with Crippen molar-refractivity contribution in [1.29, 1.82) is 5.26 Å². The molecule has 0 amide bonds. The van der Waals surface area contributed by atoms with Crippen molar-refractivity contribution in [2.24, 2.45) is 0 Å². The van der Waals surface area contributed by atoms with Gasteiger partial charge < -0.3 is 4.52 Å². The molecule has 0 saturated heterocycles. The normalized spacial score (nSPS) is 10.6. The average molecular weight is 289 g/mol. The number of fused-ring (bicyclic) bond motifs is 1. The van der Waals surface area contributed by atoms with Crippen LogP contribution in [0.5, 0.6) is 0 Å². The van der Waals surface area contributed by atoms with Crippen molar-refractivity contribution in [3.8, 4) is 17.4 Å². The number of hydrogen-bond donors (Lipinski definition) is 0. The third-order valence-electron chi connectivity index (χ3n) is 2.78. The average Bonchev–Trinajstić information content (AvgIpc) is 2.83. The predicted octanol–water partition coefficient (Wildman–Crippen LogP) is 4.67. The summed E-state index contributed by atoms with van der Waals surface area (Å²) in [6.07, 6.45) is 0. The lowest BCUT2D eigenvalue weighted by Gasteiger charge is -1.98. The maximum Gasteiger partial charge on any atom is 0.174 e. The topological polar surface area (TPSA) is 49.8 Å². The Bertz CT molecular complexity index is 801. The molecule has 0 bridgehead atoms. The zero-order valence-corrected chi connectivity index (χ0v) is 11.0.